The number of nitriles is 1. The summed E-state index contributed by atoms with van der Waals surface area (Å²) in [4.78, 5) is 2.17. The predicted molar refractivity (Wildman–Crippen MR) is 57.6 cm³/mol. The highest BCUT2D eigenvalue weighted by atomic mass is 32.2. The van der Waals surface area contributed by atoms with Crippen molar-refractivity contribution in [3.63, 3.8) is 0 Å². The summed E-state index contributed by atoms with van der Waals surface area (Å²) in [5.74, 6) is 0. The van der Waals surface area contributed by atoms with Gasteiger partial charge < -0.3 is 4.90 Å². The molecule has 0 bridgehead atoms. The Labute approximate surface area is 91.1 Å². The molecule has 0 radical (unpaired) electrons. The molecule has 6 heteroatoms. The molecule has 1 rings (SSSR count). The van der Waals surface area contributed by atoms with Crippen LogP contribution in [0.1, 0.15) is 19.8 Å². The number of nitrogens with one attached hydrogen (secondary N) is 1. The summed E-state index contributed by atoms with van der Waals surface area (Å²) in [6.07, 6.45) is 1.63. The number of nitrogens with zero attached hydrogens (tertiary/aromatic N) is 2. The molecule has 0 amide bonds. The fourth-order valence-electron chi connectivity index (χ4n) is 1.53. The molecular weight excluding hydrogens is 214 g/mol. The van der Waals surface area contributed by atoms with Crippen molar-refractivity contribution in [3.05, 3.63) is 0 Å². The maximum absolute atomic E-state index is 11.6. The van der Waals surface area contributed by atoms with Gasteiger partial charge in [0, 0.05) is 6.04 Å². The first kappa shape index (κ1) is 12.4. The monoisotopic (exact) mass is 231 g/mol. The van der Waals surface area contributed by atoms with Crippen molar-refractivity contribution in [1.29, 1.82) is 5.26 Å². The zero-order valence-corrected chi connectivity index (χ0v) is 9.92. The van der Waals surface area contributed by atoms with Gasteiger partial charge in [0.05, 0.1) is 6.07 Å². The molecule has 0 aromatic rings. The highest BCUT2D eigenvalue weighted by Gasteiger charge is 2.26. The van der Waals surface area contributed by atoms with Crippen molar-refractivity contribution in [3.8, 4) is 6.07 Å². The fourth-order valence-corrected chi connectivity index (χ4v) is 2.57. The minimum absolute atomic E-state index is 0.0120. The van der Waals surface area contributed by atoms with Crippen molar-refractivity contribution < 1.29 is 8.42 Å². The summed E-state index contributed by atoms with van der Waals surface area (Å²) in [5, 5.41) is 7.59. The summed E-state index contributed by atoms with van der Waals surface area (Å²) < 4.78 is 25.7. The van der Waals surface area contributed by atoms with Crippen molar-refractivity contribution in [2.75, 3.05) is 20.1 Å². The molecular formula is C9H17N3O2S. The van der Waals surface area contributed by atoms with Gasteiger partial charge in [-0.05, 0) is 39.9 Å². The standard InChI is InChI=1S/C9H17N3O2S/c1-8(7-10)15(13,14)11-9-3-5-12(2)6-4-9/h8-9,11H,3-6H2,1-2H3. The lowest BCUT2D eigenvalue weighted by atomic mass is 10.1. The molecule has 0 spiro atoms. The molecule has 1 atom stereocenters. The van der Waals surface area contributed by atoms with E-state index in [4.69, 9.17) is 5.26 Å². The normalized spacial score (nSPS) is 22.2. The molecule has 1 fully saturated rings. The first-order valence-electron chi connectivity index (χ1n) is 5.05. The van der Waals surface area contributed by atoms with Crippen LogP contribution in [0.5, 0.6) is 0 Å². The summed E-state index contributed by atoms with van der Waals surface area (Å²) in [5.41, 5.74) is 0. The molecule has 1 unspecified atom stereocenters. The zero-order valence-electron chi connectivity index (χ0n) is 9.10. The molecule has 15 heavy (non-hydrogen) atoms. The molecule has 0 aromatic heterocycles. The van der Waals surface area contributed by atoms with Gasteiger partial charge in [0.2, 0.25) is 10.0 Å². The van der Waals surface area contributed by atoms with Gasteiger partial charge >= 0.3 is 0 Å². The molecule has 0 saturated carbocycles. The van der Waals surface area contributed by atoms with Crippen LogP contribution in [0.15, 0.2) is 0 Å². The Morgan fingerprint density at radius 3 is 2.47 bits per heavy atom. The van der Waals surface area contributed by atoms with Gasteiger partial charge in [0.25, 0.3) is 0 Å². The Kier molecular flexibility index (Phi) is 4.08. The van der Waals surface area contributed by atoms with Crippen molar-refractivity contribution in [2.45, 2.75) is 31.1 Å². The van der Waals surface area contributed by atoms with E-state index >= 15 is 0 Å². The SMILES string of the molecule is CC(C#N)S(=O)(=O)NC1CCN(C)CC1. The van der Waals surface area contributed by atoms with Crippen LogP contribution in [0, 0.1) is 11.3 Å². The molecule has 86 valence electrons. The minimum Gasteiger partial charge on any atom is -0.306 e. The highest BCUT2D eigenvalue weighted by molar-refractivity contribution is 7.90. The van der Waals surface area contributed by atoms with Gasteiger partial charge in [0.15, 0.2) is 5.25 Å². The smallest absolute Gasteiger partial charge is 0.227 e. The number of piperidine rings is 1. The first-order valence-corrected chi connectivity index (χ1v) is 6.59. The van der Waals surface area contributed by atoms with E-state index in [1.54, 1.807) is 6.07 Å². The lowest BCUT2D eigenvalue weighted by Gasteiger charge is -2.29. The molecule has 1 aliphatic rings. The second kappa shape index (κ2) is 4.92. The number of sulfonamides is 1. The van der Waals surface area contributed by atoms with E-state index in [0.29, 0.717) is 0 Å². The molecule has 1 N–H and O–H groups in total. The van der Waals surface area contributed by atoms with Crippen LogP contribution in [0.2, 0.25) is 0 Å². The third kappa shape index (κ3) is 3.45. The predicted octanol–water partition coefficient (Wildman–Crippen LogP) is -0.0879. The van der Waals surface area contributed by atoms with Gasteiger partial charge in [-0.2, -0.15) is 5.26 Å². The van der Waals surface area contributed by atoms with E-state index < -0.39 is 15.3 Å². The minimum atomic E-state index is -3.46. The number of hydrogen-bond donors (Lipinski definition) is 1. The third-order valence-corrected chi connectivity index (χ3v) is 4.39. The topological polar surface area (TPSA) is 73.2 Å². The maximum atomic E-state index is 11.6. The van der Waals surface area contributed by atoms with Crippen LogP contribution in [0.25, 0.3) is 0 Å². The van der Waals surface area contributed by atoms with Crippen LogP contribution in [-0.4, -0.2) is 44.7 Å². The van der Waals surface area contributed by atoms with Crippen LogP contribution in [0.4, 0.5) is 0 Å². The van der Waals surface area contributed by atoms with E-state index in [2.05, 4.69) is 9.62 Å². The average molecular weight is 231 g/mol. The van der Waals surface area contributed by atoms with E-state index in [1.165, 1.54) is 6.92 Å². The summed E-state index contributed by atoms with van der Waals surface area (Å²) >= 11 is 0. The molecule has 5 nitrogen and oxygen atoms in total. The maximum Gasteiger partial charge on any atom is 0.227 e. The van der Waals surface area contributed by atoms with Crippen molar-refractivity contribution >= 4 is 10.0 Å². The average Bonchev–Trinajstić information content (AvgIpc) is 2.20. The lowest BCUT2D eigenvalue weighted by Crippen LogP contribution is -2.45. The fraction of sp³-hybridized carbons (Fsp3) is 0.889. The van der Waals surface area contributed by atoms with E-state index in [1.807, 2.05) is 7.05 Å². The Morgan fingerprint density at radius 1 is 1.47 bits per heavy atom. The summed E-state index contributed by atoms with van der Waals surface area (Å²) in [6, 6.07) is 1.73. The quantitative estimate of drug-likeness (QED) is 0.737. The third-order valence-electron chi connectivity index (χ3n) is 2.70. The Bertz CT molecular complexity index is 339. The Hall–Kier alpha value is -0.640. The lowest BCUT2D eigenvalue weighted by molar-refractivity contribution is 0.248. The van der Waals surface area contributed by atoms with Crippen LogP contribution in [-0.2, 0) is 10.0 Å². The second-order valence-corrected chi connectivity index (χ2v) is 6.04. The largest absolute Gasteiger partial charge is 0.306 e. The van der Waals surface area contributed by atoms with E-state index in [9.17, 15) is 8.42 Å². The number of rotatable bonds is 3. The van der Waals surface area contributed by atoms with Crippen molar-refractivity contribution in [1.82, 2.24) is 9.62 Å². The summed E-state index contributed by atoms with van der Waals surface area (Å²) in [6.45, 7) is 3.19. The zero-order chi connectivity index (χ0) is 11.5. The van der Waals surface area contributed by atoms with Gasteiger partial charge in [-0.3, -0.25) is 0 Å². The van der Waals surface area contributed by atoms with E-state index in [0.717, 1.165) is 25.9 Å². The van der Waals surface area contributed by atoms with Crippen molar-refractivity contribution in [2.24, 2.45) is 0 Å². The van der Waals surface area contributed by atoms with Gasteiger partial charge in [-0.15, -0.1) is 0 Å². The van der Waals surface area contributed by atoms with Crippen LogP contribution >= 0.6 is 0 Å². The Morgan fingerprint density at radius 2 is 2.00 bits per heavy atom. The Balaban J connectivity index is 2.52. The van der Waals surface area contributed by atoms with Crippen LogP contribution in [0.3, 0.4) is 0 Å². The van der Waals surface area contributed by atoms with Crippen LogP contribution < -0.4 is 4.72 Å². The number of likely N-dealkylation sites (tertiary alicyclic amines) is 1. The molecule has 0 aromatic carbocycles. The second-order valence-electron chi connectivity index (χ2n) is 4.01. The highest BCUT2D eigenvalue weighted by Crippen LogP contribution is 2.10. The molecule has 1 heterocycles. The van der Waals surface area contributed by atoms with Gasteiger partial charge in [0.1, 0.15) is 0 Å². The molecule has 1 saturated heterocycles. The van der Waals surface area contributed by atoms with Gasteiger partial charge in [-0.25, -0.2) is 13.1 Å². The first-order chi connectivity index (χ1) is 6.95. The van der Waals surface area contributed by atoms with E-state index in [-0.39, 0.29) is 6.04 Å². The number of hydrogen-bond acceptors (Lipinski definition) is 4. The molecule has 0 aliphatic carbocycles. The summed E-state index contributed by atoms with van der Waals surface area (Å²) in [7, 11) is -1.44. The molecule has 1 aliphatic heterocycles. The van der Waals surface area contributed by atoms with Gasteiger partial charge in [-0.1, -0.05) is 0 Å².